The molecule has 20 heavy (non-hydrogen) atoms. The summed E-state index contributed by atoms with van der Waals surface area (Å²) < 4.78 is 5.88. The summed E-state index contributed by atoms with van der Waals surface area (Å²) in [6, 6.07) is 13.3. The van der Waals surface area contributed by atoms with Crippen LogP contribution in [0.25, 0.3) is 0 Å². The van der Waals surface area contributed by atoms with E-state index < -0.39 is 0 Å². The Morgan fingerprint density at radius 2 is 2.05 bits per heavy atom. The Hall–Kier alpha value is -2.36. The summed E-state index contributed by atoms with van der Waals surface area (Å²) >= 11 is 0. The van der Waals surface area contributed by atoms with Crippen molar-refractivity contribution in [2.75, 3.05) is 13.1 Å². The number of carbonyl (C=O) groups is 1. The summed E-state index contributed by atoms with van der Waals surface area (Å²) in [4.78, 5) is 18.1. The minimum Gasteiger partial charge on any atom is -0.489 e. The second kappa shape index (κ2) is 5.74. The van der Waals surface area contributed by atoms with Gasteiger partial charge in [0.05, 0.1) is 12.1 Å². The van der Waals surface area contributed by atoms with Gasteiger partial charge in [0.25, 0.3) is 5.91 Å². The van der Waals surface area contributed by atoms with Crippen molar-refractivity contribution in [1.29, 1.82) is 0 Å². The van der Waals surface area contributed by atoms with E-state index in [1.807, 2.05) is 35.2 Å². The maximum absolute atomic E-state index is 12.3. The number of para-hydroxylation sites is 1. The highest BCUT2D eigenvalue weighted by Crippen LogP contribution is 2.19. The lowest BCUT2D eigenvalue weighted by Gasteiger charge is -2.17. The lowest BCUT2D eigenvalue weighted by molar-refractivity contribution is 0.0772. The standard InChI is InChI=1S/C16H16N2O2/c19-16(13-5-4-9-17-11-13)18-10-8-15(12-18)20-14-6-2-1-3-7-14/h1-7,9,11,15H,8,10,12H2. The minimum atomic E-state index is 0.0252. The van der Waals surface area contributed by atoms with Crippen molar-refractivity contribution in [2.24, 2.45) is 0 Å². The maximum Gasteiger partial charge on any atom is 0.255 e. The zero-order chi connectivity index (χ0) is 13.8. The molecule has 4 heteroatoms. The van der Waals surface area contributed by atoms with E-state index in [0.29, 0.717) is 12.1 Å². The van der Waals surface area contributed by atoms with Crippen molar-refractivity contribution in [2.45, 2.75) is 12.5 Å². The second-order valence-corrected chi connectivity index (χ2v) is 4.83. The van der Waals surface area contributed by atoms with Crippen LogP contribution in [0.1, 0.15) is 16.8 Å². The molecule has 0 spiro atoms. The first kappa shape index (κ1) is 12.7. The molecule has 1 aliphatic rings. The predicted octanol–water partition coefficient (Wildman–Crippen LogP) is 2.38. The van der Waals surface area contributed by atoms with E-state index >= 15 is 0 Å². The zero-order valence-corrected chi connectivity index (χ0v) is 11.1. The molecule has 0 N–H and O–H groups in total. The average Bonchev–Trinajstić information content (AvgIpc) is 2.97. The first-order chi connectivity index (χ1) is 9.83. The van der Waals surface area contributed by atoms with Crippen molar-refractivity contribution in [1.82, 2.24) is 9.88 Å². The smallest absolute Gasteiger partial charge is 0.255 e. The van der Waals surface area contributed by atoms with E-state index in [4.69, 9.17) is 4.74 Å². The lowest BCUT2D eigenvalue weighted by atomic mass is 10.2. The van der Waals surface area contributed by atoms with E-state index in [1.54, 1.807) is 24.5 Å². The molecule has 0 saturated carbocycles. The van der Waals surface area contributed by atoms with Gasteiger partial charge in [-0.2, -0.15) is 0 Å². The van der Waals surface area contributed by atoms with Crippen molar-refractivity contribution >= 4 is 5.91 Å². The third-order valence-electron chi connectivity index (χ3n) is 3.39. The first-order valence-corrected chi connectivity index (χ1v) is 6.74. The van der Waals surface area contributed by atoms with Gasteiger partial charge >= 0.3 is 0 Å². The van der Waals surface area contributed by atoms with Gasteiger partial charge in [0.2, 0.25) is 0 Å². The van der Waals surface area contributed by atoms with Gasteiger partial charge in [-0.1, -0.05) is 18.2 Å². The highest BCUT2D eigenvalue weighted by atomic mass is 16.5. The summed E-state index contributed by atoms with van der Waals surface area (Å²) in [6.07, 6.45) is 4.20. The van der Waals surface area contributed by atoms with E-state index in [-0.39, 0.29) is 12.0 Å². The van der Waals surface area contributed by atoms with Gasteiger partial charge in [-0.15, -0.1) is 0 Å². The SMILES string of the molecule is O=C(c1cccnc1)N1CCC(Oc2ccccc2)C1. The number of carbonyl (C=O) groups excluding carboxylic acids is 1. The number of rotatable bonds is 3. The highest BCUT2D eigenvalue weighted by Gasteiger charge is 2.28. The van der Waals surface area contributed by atoms with Crippen LogP contribution in [-0.4, -0.2) is 35.0 Å². The summed E-state index contributed by atoms with van der Waals surface area (Å²) in [6.45, 7) is 1.36. The molecular weight excluding hydrogens is 252 g/mol. The van der Waals surface area contributed by atoms with Crippen LogP contribution in [0.2, 0.25) is 0 Å². The number of hydrogen-bond donors (Lipinski definition) is 0. The van der Waals surface area contributed by atoms with Crippen LogP contribution in [0, 0.1) is 0 Å². The van der Waals surface area contributed by atoms with Gasteiger partial charge in [0.1, 0.15) is 11.9 Å². The fourth-order valence-corrected chi connectivity index (χ4v) is 2.37. The Balaban J connectivity index is 1.61. The Bertz CT molecular complexity index is 572. The Morgan fingerprint density at radius 1 is 1.20 bits per heavy atom. The molecule has 3 rings (SSSR count). The largest absolute Gasteiger partial charge is 0.489 e. The summed E-state index contributed by atoms with van der Waals surface area (Å²) in [5.74, 6) is 0.880. The Labute approximate surface area is 118 Å². The van der Waals surface area contributed by atoms with Gasteiger partial charge in [-0.05, 0) is 24.3 Å². The quantitative estimate of drug-likeness (QED) is 0.858. The Kier molecular flexibility index (Phi) is 3.63. The van der Waals surface area contributed by atoms with Crippen LogP contribution in [-0.2, 0) is 0 Å². The van der Waals surface area contributed by atoms with E-state index in [9.17, 15) is 4.79 Å². The number of hydrogen-bond acceptors (Lipinski definition) is 3. The number of amides is 1. The maximum atomic E-state index is 12.3. The number of benzene rings is 1. The second-order valence-electron chi connectivity index (χ2n) is 4.83. The van der Waals surface area contributed by atoms with Crippen LogP contribution >= 0.6 is 0 Å². The predicted molar refractivity (Wildman–Crippen MR) is 75.6 cm³/mol. The van der Waals surface area contributed by atoms with Crippen LogP contribution < -0.4 is 4.74 Å². The molecule has 4 nitrogen and oxygen atoms in total. The summed E-state index contributed by atoms with van der Waals surface area (Å²) in [5, 5.41) is 0. The number of aromatic nitrogens is 1. The van der Waals surface area contributed by atoms with Crippen molar-refractivity contribution in [3.05, 3.63) is 60.4 Å². The third-order valence-corrected chi connectivity index (χ3v) is 3.39. The monoisotopic (exact) mass is 268 g/mol. The number of likely N-dealkylation sites (tertiary alicyclic amines) is 1. The molecule has 0 bridgehead atoms. The normalized spacial score (nSPS) is 18.0. The molecule has 1 saturated heterocycles. The third kappa shape index (κ3) is 2.79. The lowest BCUT2D eigenvalue weighted by Crippen LogP contribution is -2.30. The van der Waals surface area contributed by atoms with Crippen LogP contribution in [0.3, 0.4) is 0 Å². The average molecular weight is 268 g/mol. The molecule has 1 aromatic heterocycles. The molecular formula is C16H16N2O2. The molecule has 0 radical (unpaired) electrons. The Morgan fingerprint density at radius 3 is 2.80 bits per heavy atom. The molecule has 102 valence electrons. The molecule has 2 heterocycles. The molecule has 1 atom stereocenters. The molecule has 1 unspecified atom stereocenters. The van der Waals surface area contributed by atoms with Gasteiger partial charge in [0, 0.05) is 25.4 Å². The van der Waals surface area contributed by atoms with Gasteiger partial charge in [0.15, 0.2) is 0 Å². The van der Waals surface area contributed by atoms with Crippen LogP contribution in [0.15, 0.2) is 54.9 Å². The topological polar surface area (TPSA) is 42.4 Å². The van der Waals surface area contributed by atoms with Gasteiger partial charge < -0.3 is 9.64 Å². The van der Waals surface area contributed by atoms with E-state index in [1.165, 1.54) is 0 Å². The molecule has 1 amide bonds. The van der Waals surface area contributed by atoms with Crippen molar-refractivity contribution in [3.63, 3.8) is 0 Å². The van der Waals surface area contributed by atoms with Crippen LogP contribution in [0.4, 0.5) is 0 Å². The van der Waals surface area contributed by atoms with Crippen molar-refractivity contribution < 1.29 is 9.53 Å². The number of pyridine rings is 1. The molecule has 1 aromatic carbocycles. The van der Waals surface area contributed by atoms with E-state index in [2.05, 4.69) is 4.98 Å². The zero-order valence-electron chi connectivity index (χ0n) is 11.1. The number of ether oxygens (including phenoxy) is 1. The van der Waals surface area contributed by atoms with Gasteiger partial charge in [-0.25, -0.2) is 0 Å². The molecule has 1 aliphatic heterocycles. The number of nitrogens with zero attached hydrogens (tertiary/aromatic N) is 2. The first-order valence-electron chi connectivity index (χ1n) is 6.74. The van der Waals surface area contributed by atoms with Gasteiger partial charge in [-0.3, -0.25) is 9.78 Å². The fraction of sp³-hybridized carbons (Fsp3) is 0.250. The molecule has 2 aromatic rings. The molecule has 1 fully saturated rings. The summed E-state index contributed by atoms with van der Waals surface area (Å²) in [5.41, 5.74) is 0.632. The van der Waals surface area contributed by atoms with E-state index in [0.717, 1.165) is 18.7 Å². The highest BCUT2D eigenvalue weighted by molar-refractivity contribution is 5.94. The fourth-order valence-electron chi connectivity index (χ4n) is 2.37. The molecule has 0 aliphatic carbocycles. The van der Waals surface area contributed by atoms with Crippen LogP contribution in [0.5, 0.6) is 5.75 Å². The minimum absolute atomic E-state index is 0.0252. The summed E-state index contributed by atoms with van der Waals surface area (Å²) in [7, 11) is 0. The van der Waals surface area contributed by atoms with Crippen molar-refractivity contribution in [3.8, 4) is 5.75 Å².